The van der Waals surface area contributed by atoms with Crippen LogP contribution in [0.5, 0.6) is 5.88 Å². The highest BCUT2D eigenvalue weighted by Crippen LogP contribution is 2.44. The molecule has 1 aromatic heterocycles. The highest BCUT2D eigenvalue weighted by atomic mass is 35.5. The summed E-state index contributed by atoms with van der Waals surface area (Å²) in [5.41, 5.74) is 6.28. The van der Waals surface area contributed by atoms with Crippen LogP contribution in [0.2, 0.25) is 5.02 Å². The Bertz CT molecular complexity index is 1810. The van der Waals surface area contributed by atoms with E-state index in [1.807, 2.05) is 37.3 Å². The molecule has 6 rings (SSSR count). The van der Waals surface area contributed by atoms with Crippen molar-refractivity contribution < 1.29 is 29.0 Å². The van der Waals surface area contributed by atoms with E-state index >= 15 is 0 Å². The van der Waals surface area contributed by atoms with Crippen LogP contribution < -0.4 is 20.7 Å². The first-order valence-corrected chi connectivity index (χ1v) is 16.1. The lowest BCUT2D eigenvalue weighted by Gasteiger charge is -2.35. The van der Waals surface area contributed by atoms with Gasteiger partial charge < -0.3 is 35.4 Å². The average molecular weight is 675 g/mol. The molecule has 3 aromatic rings. The number of halogens is 1. The number of nitrogens with one attached hydrogen (secondary N) is 3. The third kappa shape index (κ3) is 6.24. The number of carbonyl (C=O) groups excluding carboxylic acids is 3. The molecule has 12 nitrogen and oxygen atoms in total. The summed E-state index contributed by atoms with van der Waals surface area (Å²) in [6.07, 6.45) is 1.00. The smallest absolute Gasteiger partial charge is 0.264 e. The molecule has 2 aromatic carbocycles. The lowest BCUT2D eigenvalue weighted by atomic mass is 9.96. The van der Waals surface area contributed by atoms with Gasteiger partial charge in [0.15, 0.2) is 0 Å². The van der Waals surface area contributed by atoms with Crippen molar-refractivity contribution in [1.82, 2.24) is 25.4 Å². The molecule has 1 aliphatic carbocycles. The minimum atomic E-state index is -1.15. The fraction of sp³-hybridized carbons (Fsp3) is 0.371. The quantitative estimate of drug-likeness (QED) is 0.265. The molecule has 0 saturated carbocycles. The van der Waals surface area contributed by atoms with Crippen LogP contribution in [0.3, 0.4) is 0 Å². The molecule has 3 heterocycles. The minimum absolute atomic E-state index is 0.0109. The number of morpholine rings is 1. The van der Waals surface area contributed by atoms with Crippen molar-refractivity contribution in [1.29, 1.82) is 0 Å². The van der Waals surface area contributed by atoms with Gasteiger partial charge in [0.1, 0.15) is 12.2 Å². The Labute approximate surface area is 284 Å². The molecule has 4 N–H and O–H groups in total. The fourth-order valence-electron chi connectivity index (χ4n) is 6.65. The van der Waals surface area contributed by atoms with Gasteiger partial charge in [-0.25, -0.2) is 4.98 Å². The van der Waals surface area contributed by atoms with Crippen LogP contribution in [0.4, 0.5) is 5.69 Å². The second kappa shape index (κ2) is 13.6. The summed E-state index contributed by atoms with van der Waals surface area (Å²) < 4.78 is 11.2. The second-order valence-corrected chi connectivity index (χ2v) is 12.9. The van der Waals surface area contributed by atoms with E-state index in [-0.39, 0.29) is 36.1 Å². The molecule has 1 saturated heterocycles. The second-order valence-electron chi connectivity index (χ2n) is 12.5. The number of likely N-dealkylation sites (N-methyl/N-ethyl adjacent to an activating group) is 1. The topological polar surface area (TPSA) is 145 Å². The monoisotopic (exact) mass is 674 g/mol. The molecule has 3 amide bonds. The van der Waals surface area contributed by atoms with Gasteiger partial charge in [0.25, 0.3) is 11.8 Å². The largest absolute Gasteiger partial charge is 0.481 e. The Morgan fingerprint density at radius 3 is 2.65 bits per heavy atom. The van der Waals surface area contributed by atoms with E-state index in [0.717, 1.165) is 44.7 Å². The van der Waals surface area contributed by atoms with E-state index in [4.69, 9.17) is 26.1 Å². The highest BCUT2D eigenvalue weighted by molar-refractivity contribution is 6.36. The van der Waals surface area contributed by atoms with Crippen molar-refractivity contribution in [2.75, 3.05) is 46.3 Å². The van der Waals surface area contributed by atoms with Gasteiger partial charge in [-0.1, -0.05) is 48.9 Å². The predicted molar refractivity (Wildman–Crippen MR) is 181 cm³/mol. The van der Waals surface area contributed by atoms with Crippen molar-refractivity contribution in [3.05, 3.63) is 76.0 Å². The van der Waals surface area contributed by atoms with Crippen molar-refractivity contribution in [2.24, 2.45) is 5.92 Å². The number of hydrogen-bond donors (Lipinski definition) is 4. The van der Waals surface area contributed by atoms with Crippen LogP contribution in [0.1, 0.15) is 29.7 Å². The average Bonchev–Trinajstić information content (AvgIpc) is 3.39. The summed E-state index contributed by atoms with van der Waals surface area (Å²) in [5, 5.41) is 20.0. The molecule has 48 heavy (non-hydrogen) atoms. The first kappa shape index (κ1) is 33.4. The van der Waals surface area contributed by atoms with Gasteiger partial charge in [0.05, 0.1) is 30.5 Å². The fourth-order valence-corrected chi connectivity index (χ4v) is 6.98. The van der Waals surface area contributed by atoms with Gasteiger partial charge in [0, 0.05) is 55.3 Å². The van der Waals surface area contributed by atoms with E-state index in [0.29, 0.717) is 35.4 Å². The number of amides is 3. The Morgan fingerprint density at radius 2 is 1.90 bits per heavy atom. The lowest BCUT2D eigenvalue weighted by molar-refractivity contribution is -0.149. The number of nitrogens with zero attached hydrogens (tertiary/aromatic N) is 3. The number of aliphatic hydroxyl groups excluding tert-OH is 1. The van der Waals surface area contributed by atoms with Crippen molar-refractivity contribution in [3.63, 3.8) is 0 Å². The summed E-state index contributed by atoms with van der Waals surface area (Å²) >= 11 is 7.13. The van der Waals surface area contributed by atoms with Gasteiger partial charge >= 0.3 is 0 Å². The van der Waals surface area contributed by atoms with Gasteiger partial charge in [-0.3, -0.25) is 19.3 Å². The molecule has 4 atom stereocenters. The number of aromatic nitrogens is 1. The summed E-state index contributed by atoms with van der Waals surface area (Å²) in [6.45, 7) is 5.16. The van der Waals surface area contributed by atoms with Crippen LogP contribution >= 0.6 is 11.6 Å². The normalized spacial score (nSPS) is 22.3. The number of hydrogen-bond acceptors (Lipinski definition) is 9. The number of methoxy groups -OCH3 is 1. The maximum Gasteiger partial charge on any atom is 0.264 e. The number of benzene rings is 2. The zero-order valence-corrected chi connectivity index (χ0v) is 28.2. The molecule has 0 bridgehead atoms. The molecule has 0 radical (unpaired) electrons. The third-order valence-corrected chi connectivity index (χ3v) is 9.62. The van der Waals surface area contributed by atoms with E-state index < -0.39 is 18.2 Å². The first-order chi connectivity index (χ1) is 23.0. The van der Waals surface area contributed by atoms with Crippen LogP contribution in [0.15, 0.2) is 54.2 Å². The number of anilines is 1. The Kier molecular flexibility index (Phi) is 9.44. The number of carbonyl (C=O) groups is 3. The van der Waals surface area contributed by atoms with Gasteiger partial charge in [-0.2, -0.15) is 0 Å². The SMILES string of the molecule is COc1nc(-c2cccc(-c3cccc(NC(=O)C4=CN(C)C(O)N(C)C4=O)c3C)c2Cl)cc2c1[C@@H](NC[C@@H]1COCC(=O)N1)[C@H](C)C2. The van der Waals surface area contributed by atoms with Crippen molar-refractivity contribution in [2.45, 2.75) is 38.7 Å². The van der Waals surface area contributed by atoms with Crippen LogP contribution in [-0.4, -0.2) is 91.0 Å². The summed E-state index contributed by atoms with van der Waals surface area (Å²) in [5.74, 6) is -0.494. The van der Waals surface area contributed by atoms with Crippen molar-refractivity contribution in [3.8, 4) is 28.3 Å². The summed E-state index contributed by atoms with van der Waals surface area (Å²) in [7, 11) is 4.62. The standard InChI is InChI=1S/C35H39ClN6O6/c1-18-12-20-13-27(40-33(47-5)29(20)31(18)37-14-21-16-48-17-28(43)38-21)24-10-6-9-23(30(24)36)22-8-7-11-26(19(22)2)39-32(44)25-15-41(3)35(46)42(4)34(25)45/h6-11,13,15,18,21,31,35,37,46H,12,14,16-17H2,1-5H3,(H,38,43)(H,39,44)/t18-,21-,31+,35?/m1/s1. The molecule has 1 unspecified atom stereocenters. The molecule has 13 heteroatoms. The third-order valence-electron chi connectivity index (χ3n) is 9.21. The number of aliphatic hydroxyl groups is 1. The summed E-state index contributed by atoms with van der Waals surface area (Å²) in [6, 6.07) is 13.2. The molecule has 0 spiro atoms. The highest BCUT2D eigenvalue weighted by Gasteiger charge is 2.35. The Hall–Kier alpha value is -4.49. The van der Waals surface area contributed by atoms with E-state index in [1.54, 1.807) is 20.2 Å². The zero-order valence-electron chi connectivity index (χ0n) is 27.5. The maximum absolute atomic E-state index is 13.2. The lowest BCUT2D eigenvalue weighted by Crippen LogP contribution is -2.51. The maximum atomic E-state index is 13.2. The zero-order chi connectivity index (χ0) is 34.3. The minimum Gasteiger partial charge on any atom is -0.481 e. The Morgan fingerprint density at radius 1 is 1.17 bits per heavy atom. The number of ether oxygens (including phenoxy) is 2. The predicted octanol–water partition coefficient (Wildman–Crippen LogP) is 3.23. The molecular formula is C35H39ClN6O6. The van der Waals surface area contributed by atoms with E-state index in [9.17, 15) is 19.5 Å². The van der Waals surface area contributed by atoms with Gasteiger partial charge in [0.2, 0.25) is 18.1 Å². The van der Waals surface area contributed by atoms with Gasteiger partial charge in [-0.15, -0.1) is 0 Å². The number of rotatable bonds is 8. The number of fused-ring (bicyclic) bond motifs is 1. The van der Waals surface area contributed by atoms with E-state index in [1.165, 1.54) is 18.1 Å². The van der Waals surface area contributed by atoms with Crippen LogP contribution in [0, 0.1) is 12.8 Å². The molecule has 2 aliphatic heterocycles. The summed E-state index contributed by atoms with van der Waals surface area (Å²) in [4.78, 5) is 45.1. The molecule has 3 aliphatic rings. The van der Waals surface area contributed by atoms with Crippen LogP contribution in [0.25, 0.3) is 22.4 Å². The molecule has 1 fully saturated rings. The number of pyridine rings is 1. The molecular weight excluding hydrogens is 636 g/mol. The molecule has 252 valence electrons. The van der Waals surface area contributed by atoms with Gasteiger partial charge in [-0.05, 0) is 48.1 Å². The van der Waals surface area contributed by atoms with Crippen LogP contribution in [-0.2, 0) is 25.5 Å². The first-order valence-electron chi connectivity index (χ1n) is 15.8. The Balaban J connectivity index is 1.28. The van der Waals surface area contributed by atoms with E-state index in [2.05, 4.69) is 28.9 Å². The van der Waals surface area contributed by atoms with Crippen molar-refractivity contribution >= 4 is 35.0 Å².